The molecule has 6 nitrogen and oxygen atoms in total. The number of likely N-dealkylation sites (tertiary alicyclic amines) is 1. The molecule has 0 bridgehead atoms. The van der Waals surface area contributed by atoms with Gasteiger partial charge < -0.3 is 19.3 Å². The van der Waals surface area contributed by atoms with E-state index in [1.54, 1.807) is 7.11 Å². The highest BCUT2D eigenvalue weighted by atomic mass is 16.5. The topological polar surface area (TPSA) is 63.4 Å². The number of hydrogen-bond acceptors (Lipinski definition) is 5. The third kappa shape index (κ3) is 4.23. The van der Waals surface area contributed by atoms with Crippen molar-refractivity contribution in [2.24, 2.45) is 0 Å². The van der Waals surface area contributed by atoms with Crippen molar-refractivity contribution in [3.63, 3.8) is 0 Å². The number of ether oxygens (including phenoxy) is 1. The van der Waals surface area contributed by atoms with Gasteiger partial charge in [-0.3, -0.25) is 0 Å². The molecule has 4 rings (SSSR count). The first-order valence-corrected chi connectivity index (χ1v) is 10.7. The Morgan fingerprint density at radius 3 is 2.57 bits per heavy atom. The predicted octanol–water partition coefficient (Wildman–Crippen LogP) is 2.93. The SMILES string of the molecule is COc1ccc(C2(O)CCN(CCCc3nnc4n3CCCCC4)CC2)cc1. The maximum Gasteiger partial charge on any atom is 0.133 e. The van der Waals surface area contributed by atoms with Gasteiger partial charge in [0, 0.05) is 32.5 Å². The molecule has 1 aromatic carbocycles. The van der Waals surface area contributed by atoms with Crippen molar-refractivity contribution < 1.29 is 9.84 Å². The molecule has 0 radical (unpaired) electrons. The summed E-state index contributed by atoms with van der Waals surface area (Å²) in [5.41, 5.74) is 0.284. The Balaban J connectivity index is 1.26. The molecular formula is C22H32N4O2. The van der Waals surface area contributed by atoms with Gasteiger partial charge in [0.2, 0.25) is 0 Å². The minimum Gasteiger partial charge on any atom is -0.497 e. The van der Waals surface area contributed by atoms with Crippen molar-refractivity contribution in [3.05, 3.63) is 41.5 Å². The lowest BCUT2D eigenvalue weighted by Gasteiger charge is -2.38. The summed E-state index contributed by atoms with van der Waals surface area (Å²) in [7, 11) is 1.67. The van der Waals surface area contributed by atoms with Crippen LogP contribution in [0.1, 0.15) is 55.7 Å². The maximum absolute atomic E-state index is 11.1. The van der Waals surface area contributed by atoms with E-state index in [9.17, 15) is 5.11 Å². The first-order valence-electron chi connectivity index (χ1n) is 10.7. The third-order valence-corrected chi connectivity index (χ3v) is 6.37. The molecule has 1 fully saturated rings. The molecule has 0 atom stereocenters. The van der Waals surface area contributed by atoms with Crippen LogP contribution < -0.4 is 4.74 Å². The minimum atomic E-state index is -0.715. The van der Waals surface area contributed by atoms with Crippen LogP contribution in [0.15, 0.2) is 24.3 Å². The molecule has 0 amide bonds. The van der Waals surface area contributed by atoms with Gasteiger partial charge in [0.15, 0.2) is 0 Å². The molecule has 0 unspecified atom stereocenters. The highest BCUT2D eigenvalue weighted by molar-refractivity contribution is 5.31. The van der Waals surface area contributed by atoms with Gasteiger partial charge in [-0.15, -0.1) is 10.2 Å². The second-order valence-corrected chi connectivity index (χ2v) is 8.20. The van der Waals surface area contributed by atoms with Gasteiger partial charge in [-0.25, -0.2) is 0 Å². The number of hydrogen-bond donors (Lipinski definition) is 1. The first-order chi connectivity index (χ1) is 13.7. The average Bonchev–Trinajstić information content (AvgIpc) is 2.96. The van der Waals surface area contributed by atoms with E-state index in [-0.39, 0.29) is 0 Å². The van der Waals surface area contributed by atoms with E-state index in [0.29, 0.717) is 0 Å². The molecule has 3 heterocycles. The van der Waals surface area contributed by atoms with Crippen LogP contribution in [0.5, 0.6) is 5.75 Å². The van der Waals surface area contributed by atoms with Crippen LogP contribution in [0.2, 0.25) is 0 Å². The van der Waals surface area contributed by atoms with Gasteiger partial charge in [-0.2, -0.15) is 0 Å². The van der Waals surface area contributed by atoms with Gasteiger partial charge in [-0.1, -0.05) is 18.6 Å². The Hall–Kier alpha value is -1.92. The standard InChI is InChI=1S/C22H32N4O2/c1-28-19-10-8-18(9-11-19)22(27)12-16-25(17-13-22)14-5-7-21-24-23-20-6-3-2-4-15-26(20)21/h8-11,27H,2-7,12-17H2,1H3. The molecule has 28 heavy (non-hydrogen) atoms. The summed E-state index contributed by atoms with van der Waals surface area (Å²) >= 11 is 0. The molecule has 1 saturated heterocycles. The molecule has 2 aliphatic rings. The first kappa shape index (κ1) is 19.4. The summed E-state index contributed by atoms with van der Waals surface area (Å²) in [6, 6.07) is 7.85. The highest BCUT2D eigenvalue weighted by Gasteiger charge is 2.33. The maximum atomic E-state index is 11.1. The number of methoxy groups -OCH3 is 1. The van der Waals surface area contributed by atoms with E-state index in [4.69, 9.17) is 4.74 Å². The van der Waals surface area contributed by atoms with Crippen LogP contribution in [0.3, 0.4) is 0 Å². The van der Waals surface area contributed by atoms with Gasteiger partial charge in [0.25, 0.3) is 0 Å². The van der Waals surface area contributed by atoms with Gasteiger partial charge in [0.1, 0.15) is 17.4 Å². The van der Waals surface area contributed by atoms with Crippen LogP contribution >= 0.6 is 0 Å². The van der Waals surface area contributed by atoms with Crippen LogP contribution in [0, 0.1) is 0 Å². The van der Waals surface area contributed by atoms with Gasteiger partial charge in [0.05, 0.1) is 12.7 Å². The lowest BCUT2D eigenvalue weighted by atomic mass is 9.84. The Kier molecular flexibility index (Phi) is 5.97. The van der Waals surface area contributed by atoms with Crippen LogP contribution in [0.4, 0.5) is 0 Å². The Morgan fingerprint density at radius 1 is 1.04 bits per heavy atom. The average molecular weight is 385 g/mol. The van der Waals surface area contributed by atoms with E-state index in [1.165, 1.54) is 25.1 Å². The second kappa shape index (κ2) is 8.62. The fourth-order valence-electron chi connectivity index (χ4n) is 4.53. The van der Waals surface area contributed by atoms with Crippen LogP contribution in [-0.2, 0) is 25.0 Å². The number of rotatable bonds is 6. The summed E-state index contributed by atoms with van der Waals surface area (Å²) in [6.45, 7) is 4.00. The molecule has 1 aromatic heterocycles. The zero-order valence-electron chi connectivity index (χ0n) is 16.9. The van der Waals surface area contributed by atoms with E-state index in [1.807, 2.05) is 24.3 Å². The molecule has 2 aliphatic heterocycles. The fraction of sp³-hybridized carbons (Fsp3) is 0.636. The molecule has 0 spiro atoms. The molecule has 0 aliphatic carbocycles. The van der Waals surface area contributed by atoms with Crippen molar-refractivity contribution in [2.45, 2.75) is 63.5 Å². The lowest BCUT2D eigenvalue weighted by Crippen LogP contribution is -2.43. The fourth-order valence-corrected chi connectivity index (χ4v) is 4.53. The Morgan fingerprint density at radius 2 is 1.82 bits per heavy atom. The van der Waals surface area contributed by atoms with E-state index >= 15 is 0 Å². The van der Waals surface area contributed by atoms with E-state index in [2.05, 4.69) is 19.7 Å². The highest BCUT2D eigenvalue weighted by Crippen LogP contribution is 2.33. The van der Waals surface area contributed by atoms with Gasteiger partial charge >= 0.3 is 0 Å². The molecular weight excluding hydrogens is 352 g/mol. The normalized spacial score (nSPS) is 19.8. The van der Waals surface area contributed by atoms with Crippen LogP contribution in [0.25, 0.3) is 0 Å². The summed E-state index contributed by atoms with van der Waals surface area (Å²) in [5.74, 6) is 3.16. The summed E-state index contributed by atoms with van der Waals surface area (Å²) in [4.78, 5) is 2.47. The zero-order valence-corrected chi connectivity index (χ0v) is 16.9. The second-order valence-electron chi connectivity index (χ2n) is 8.20. The number of benzene rings is 1. The van der Waals surface area contributed by atoms with E-state index < -0.39 is 5.60 Å². The van der Waals surface area contributed by atoms with Crippen LogP contribution in [-0.4, -0.2) is 51.5 Å². The molecule has 1 N–H and O–H groups in total. The molecule has 0 saturated carbocycles. The number of aryl methyl sites for hydroxylation is 2. The quantitative estimate of drug-likeness (QED) is 0.830. The van der Waals surface area contributed by atoms with E-state index in [0.717, 1.165) is 75.4 Å². The van der Waals surface area contributed by atoms with Crippen molar-refractivity contribution in [2.75, 3.05) is 26.7 Å². The van der Waals surface area contributed by atoms with Crippen molar-refractivity contribution in [3.8, 4) is 5.75 Å². The molecule has 6 heteroatoms. The Labute approximate surface area is 167 Å². The number of fused-ring (bicyclic) bond motifs is 1. The minimum absolute atomic E-state index is 0.715. The number of aromatic nitrogens is 3. The summed E-state index contributed by atoms with van der Waals surface area (Å²) < 4.78 is 7.57. The van der Waals surface area contributed by atoms with Crippen molar-refractivity contribution in [1.29, 1.82) is 0 Å². The third-order valence-electron chi connectivity index (χ3n) is 6.37. The number of piperidine rings is 1. The Bertz CT molecular complexity index is 763. The van der Waals surface area contributed by atoms with Gasteiger partial charge in [-0.05, 0) is 56.3 Å². The summed E-state index contributed by atoms with van der Waals surface area (Å²) in [5, 5.41) is 19.9. The monoisotopic (exact) mass is 384 g/mol. The number of nitrogens with zero attached hydrogens (tertiary/aromatic N) is 4. The zero-order chi connectivity index (χ0) is 19.4. The lowest BCUT2D eigenvalue weighted by molar-refractivity contribution is -0.0260. The largest absolute Gasteiger partial charge is 0.497 e. The predicted molar refractivity (Wildman–Crippen MR) is 108 cm³/mol. The van der Waals surface area contributed by atoms with Crippen molar-refractivity contribution >= 4 is 0 Å². The molecule has 152 valence electrons. The summed E-state index contributed by atoms with van der Waals surface area (Å²) in [6.07, 6.45) is 8.50. The van der Waals surface area contributed by atoms with Crippen molar-refractivity contribution in [1.82, 2.24) is 19.7 Å². The molecule has 2 aromatic rings. The smallest absolute Gasteiger partial charge is 0.133 e. The number of aliphatic hydroxyl groups is 1.